The first-order valence-corrected chi connectivity index (χ1v) is 7.74. The van der Waals surface area contributed by atoms with E-state index in [-0.39, 0.29) is 6.61 Å². The van der Waals surface area contributed by atoms with Crippen LogP contribution in [0.1, 0.15) is 19.6 Å². The van der Waals surface area contributed by atoms with E-state index in [1.165, 1.54) is 0 Å². The molecule has 1 aromatic heterocycles. The zero-order valence-corrected chi connectivity index (χ0v) is 13.3. The number of aliphatic hydroxyl groups is 1. The molecule has 1 heterocycles. The normalized spacial score (nSPS) is 12.8. The molecule has 2 rings (SSSR count). The number of para-hydroxylation sites is 1. The van der Waals surface area contributed by atoms with E-state index in [1.54, 1.807) is 6.26 Å². The van der Waals surface area contributed by atoms with Crippen molar-refractivity contribution < 1.29 is 14.3 Å². The second-order valence-corrected chi connectivity index (χ2v) is 5.95. The second-order valence-electron chi connectivity index (χ2n) is 5.95. The summed E-state index contributed by atoms with van der Waals surface area (Å²) in [7, 11) is 0. The van der Waals surface area contributed by atoms with E-state index < -0.39 is 6.10 Å². The first kappa shape index (κ1) is 16.6. The smallest absolute Gasteiger partial charge is 0.119 e. The molecular weight excluding hydrogens is 278 g/mol. The molecule has 1 N–H and O–H groups in total. The molecule has 120 valence electrons. The number of hydrogen-bond acceptors (Lipinski definition) is 4. The van der Waals surface area contributed by atoms with E-state index in [1.807, 2.05) is 42.5 Å². The average Bonchev–Trinajstić information content (AvgIpc) is 2.98. The van der Waals surface area contributed by atoms with Crippen LogP contribution in [0.2, 0.25) is 0 Å². The van der Waals surface area contributed by atoms with E-state index in [0.717, 1.165) is 18.1 Å². The lowest BCUT2D eigenvalue weighted by Crippen LogP contribution is -2.37. The van der Waals surface area contributed by atoms with Crippen LogP contribution in [0, 0.1) is 5.92 Å². The highest BCUT2D eigenvalue weighted by atomic mass is 16.5. The third-order valence-corrected chi connectivity index (χ3v) is 3.24. The number of nitrogens with zero attached hydrogens (tertiary/aromatic N) is 1. The standard InChI is InChI=1S/C18H25NO3/c1-15(2)11-19(13-18-9-6-10-21-18)12-16(20)14-22-17-7-4-3-5-8-17/h3-10,15-16,20H,11-14H2,1-2H3. The Balaban J connectivity index is 1.83. The van der Waals surface area contributed by atoms with Crippen LogP contribution >= 0.6 is 0 Å². The van der Waals surface area contributed by atoms with Gasteiger partial charge in [-0.25, -0.2) is 0 Å². The predicted octanol–water partition coefficient (Wildman–Crippen LogP) is 3.18. The fraction of sp³-hybridized carbons (Fsp3) is 0.444. The summed E-state index contributed by atoms with van der Waals surface area (Å²) < 4.78 is 11.0. The van der Waals surface area contributed by atoms with Gasteiger partial charge in [0.1, 0.15) is 24.2 Å². The molecular formula is C18H25NO3. The Morgan fingerprint density at radius 1 is 1.09 bits per heavy atom. The largest absolute Gasteiger partial charge is 0.491 e. The molecule has 0 saturated heterocycles. The molecule has 0 aliphatic rings. The monoisotopic (exact) mass is 303 g/mol. The summed E-state index contributed by atoms with van der Waals surface area (Å²) >= 11 is 0. The fourth-order valence-electron chi connectivity index (χ4n) is 2.40. The molecule has 0 fully saturated rings. The van der Waals surface area contributed by atoms with Gasteiger partial charge in [-0.3, -0.25) is 4.90 Å². The van der Waals surface area contributed by atoms with Crippen molar-refractivity contribution in [3.63, 3.8) is 0 Å². The number of aliphatic hydroxyl groups excluding tert-OH is 1. The molecule has 22 heavy (non-hydrogen) atoms. The van der Waals surface area contributed by atoms with Crippen LogP contribution in [0.4, 0.5) is 0 Å². The van der Waals surface area contributed by atoms with Crippen LogP contribution in [-0.2, 0) is 6.54 Å². The van der Waals surface area contributed by atoms with Crippen molar-refractivity contribution in [2.24, 2.45) is 5.92 Å². The molecule has 0 aliphatic heterocycles. The third-order valence-electron chi connectivity index (χ3n) is 3.24. The molecule has 4 heteroatoms. The van der Waals surface area contributed by atoms with Crippen LogP contribution in [0.25, 0.3) is 0 Å². The molecule has 2 aromatic rings. The fourth-order valence-corrected chi connectivity index (χ4v) is 2.40. The summed E-state index contributed by atoms with van der Waals surface area (Å²) in [4.78, 5) is 2.20. The molecule has 0 spiro atoms. The van der Waals surface area contributed by atoms with Gasteiger partial charge in [0.2, 0.25) is 0 Å². The zero-order chi connectivity index (χ0) is 15.8. The SMILES string of the molecule is CC(C)CN(Cc1ccco1)CC(O)COc1ccccc1. The molecule has 0 aliphatic carbocycles. The number of hydrogen-bond donors (Lipinski definition) is 1. The third kappa shape index (κ3) is 5.92. The summed E-state index contributed by atoms with van der Waals surface area (Å²) in [5, 5.41) is 10.2. The van der Waals surface area contributed by atoms with Crippen molar-refractivity contribution >= 4 is 0 Å². The Morgan fingerprint density at radius 2 is 1.86 bits per heavy atom. The van der Waals surface area contributed by atoms with E-state index in [9.17, 15) is 5.11 Å². The Kier molecular flexibility index (Phi) is 6.49. The van der Waals surface area contributed by atoms with Gasteiger partial charge in [0.15, 0.2) is 0 Å². The van der Waals surface area contributed by atoms with Crippen molar-refractivity contribution in [2.45, 2.75) is 26.5 Å². The minimum atomic E-state index is -0.533. The van der Waals surface area contributed by atoms with Gasteiger partial charge in [-0.05, 0) is 30.2 Å². The summed E-state index contributed by atoms with van der Waals surface area (Å²) in [5.74, 6) is 2.22. The van der Waals surface area contributed by atoms with Gasteiger partial charge in [0.25, 0.3) is 0 Å². The summed E-state index contributed by atoms with van der Waals surface area (Å²) in [6, 6.07) is 13.4. The maximum Gasteiger partial charge on any atom is 0.119 e. The predicted molar refractivity (Wildman–Crippen MR) is 86.8 cm³/mol. The van der Waals surface area contributed by atoms with Crippen LogP contribution in [0.15, 0.2) is 53.1 Å². The van der Waals surface area contributed by atoms with Gasteiger partial charge < -0.3 is 14.3 Å². The van der Waals surface area contributed by atoms with Crippen molar-refractivity contribution in [3.05, 3.63) is 54.5 Å². The quantitative estimate of drug-likeness (QED) is 0.773. The van der Waals surface area contributed by atoms with Crippen LogP contribution in [0.5, 0.6) is 5.75 Å². The first-order valence-electron chi connectivity index (χ1n) is 7.74. The first-order chi connectivity index (χ1) is 10.6. The summed E-state index contributed by atoms with van der Waals surface area (Å²) in [6.45, 7) is 6.79. The van der Waals surface area contributed by atoms with Crippen molar-refractivity contribution in [2.75, 3.05) is 19.7 Å². The highest BCUT2D eigenvalue weighted by Crippen LogP contribution is 2.11. The average molecular weight is 303 g/mol. The molecule has 1 unspecified atom stereocenters. The van der Waals surface area contributed by atoms with Crippen LogP contribution < -0.4 is 4.74 Å². The van der Waals surface area contributed by atoms with E-state index in [4.69, 9.17) is 9.15 Å². The summed E-state index contributed by atoms with van der Waals surface area (Å²) in [6.07, 6.45) is 1.14. The number of ether oxygens (including phenoxy) is 1. The Morgan fingerprint density at radius 3 is 2.50 bits per heavy atom. The van der Waals surface area contributed by atoms with Crippen LogP contribution in [-0.4, -0.2) is 35.8 Å². The van der Waals surface area contributed by atoms with Gasteiger partial charge in [0.05, 0.1) is 12.8 Å². The molecule has 0 saturated carbocycles. The molecule has 4 nitrogen and oxygen atoms in total. The van der Waals surface area contributed by atoms with Crippen molar-refractivity contribution in [1.29, 1.82) is 0 Å². The lowest BCUT2D eigenvalue weighted by atomic mass is 10.2. The van der Waals surface area contributed by atoms with Crippen molar-refractivity contribution in [1.82, 2.24) is 4.90 Å². The van der Waals surface area contributed by atoms with E-state index in [2.05, 4.69) is 18.7 Å². The number of furan rings is 1. The Hall–Kier alpha value is -1.78. The van der Waals surface area contributed by atoms with Gasteiger partial charge in [-0.2, -0.15) is 0 Å². The number of benzene rings is 1. The van der Waals surface area contributed by atoms with Gasteiger partial charge in [-0.15, -0.1) is 0 Å². The van der Waals surface area contributed by atoms with E-state index >= 15 is 0 Å². The van der Waals surface area contributed by atoms with Crippen molar-refractivity contribution in [3.8, 4) is 5.75 Å². The lowest BCUT2D eigenvalue weighted by Gasteiger charge is -2.25. The van der Waals surface area contributed by atoms with Gasteiger partial charge in [-0.1, -0.05) is 32.0 Å². The number of rotatable bonds is 9. The summed E-state index contributed by atoms with van der Waals surface area (Å²) in [5.41, 5.74) is 0. The maximum absolute atomic E-state index is 10.2. The molecule has 0 amide bonds. The van der Waals surface area contributed by atoms with Gasteiger partial charge >= 0.3 is 0 Å². The zero-order valence-electron chi connectivity index (χ0n) is 13.3. The van der Waals surface area contributed by atoms with E-state index in [0.29, 0.717) is 19.0 Å². The minimum absolute atomic E-state index is 0.288. The van der Waals surface area contributed by atoms with Gasteiger partial charge in [0, 0.05) is 13.1 Å². The topological polar surface area (TPSA) is 45.8 Å². The minimum Gasteiger partial charge on any atom is -0.491 e. The molecule has 1 atom stereocenters. The Bertz CT molecular complexity index is 510. The molecule has 0 bridgehead atoms. The molecule has 1 aromatic carbocycles. The highest BCUT2D eigenvalue weighted by molar-refractivity contribution is 5.20. The molecule has 0 radical (unpaired) electrons. The Labute approximate surface area is 132 Å². The highest BCUT2D eigenvalue weighted by Gasteiger charge is 2.15. The maximum atomic E-state index is 10.2. The lowest BCUT2D eigenvalue weighted by molar-refractivity contribution is 0.0591. The second kappa shape index (κ2) is 8.61. The van der Waals surface area contributed by atoms with Crippen LogP contribution in [0.3, 0.4) is 0 Å².